The predicted molar refractivity (Wildman–Crippen MR) is 135 cm³/mol. The summed E-state index contributed by atoms with van der Waals surface area (Å²) in [4.78, 5) is 15.4. The topological polar surface area (TPSA) is 50.8 Å². The van der Waals surface area contributed by atoms with Gasteiger partial charge in [0.2, 0.25) is 0 Å². The van der Waals surface area contributed by atoms with Crippen molar-refractivity contribution >= 4 is 17.3 Å². The summed E-state index contributed by atoms with van der Waals surface area (Å²) in [7, 11) is 1.58. The minimum atomic E-state index is -0.460. The number of amides is 1. The van der Waals surface area contributed by atoms with E-state index < -0.39 is 12.0 Å². The Bertz CT molecular complexity index is 1370. The first-order valence-corrected chi connectivity index (χ1v) is 11.3. The van der Waals surface area contributed by atoms with Gasteiger partial charge in [0.15, 0.2) is 11.6 Å². The van der Waals surface area contributed by atoms with E-state index in [-0.39, 0.29) is 18.3 Å². The zero-order chi connectivity index (χ0) is 24.4. The third-order valence-corrected chi connectivity index (χ3v) is 6.08. The number of aryl methyl sites for hydroxylation is 1. The molecule has 5 nitrogen and oxygen atoms in total. The second-order valence-corrected chi connectivity index (χ2v) is 8.39. The molecule has 0 aliphatic carbocycles. The smallest absolute Gasteiger partial charge is 0.262 e. The van der Waals surface area contributed by atoms with Gasteiger partial charge in [0.05, 0.1) is 12.7 Å². The third kappa shape index (κ3) is 4.43. The first-order valence-electron chi connectivity index (χ1n) is 11.3. The molecule has 0 saturated carbocycles. The number of para-hydroxylation sites is 2. The highest BCUT2D eigenvalue weighted by atomic mass is 19.1. The van der Waals surface area contributed by atoms with Crippen LogP contribution in [0.1, 0.15) is 33.2 Å². The number of ether oxygens (including phenoxy) is 2. The van der Waals surface area contributed by atoms with E-state index in [9.17, 15) is 9.18 Å². The number of carbonyl (C=O) groups is 1. The van der Waals surface area contributed by atoms with Gasteiger partial charge in [0.25, 0.3) is 5.91 Å². The van der Waals surface area contributed by atoms with E-state index in [1.807, 2.05) is 73.7 Å². The molecular weight excluding hydrogens is 443 g/mol. The van der Waals surface area contributed by atoms with Crippen molar-refractivity contribution in [2.45, 2.75) is 19.7 Å². The Morgan fingerprint density at radius 1 is 0.914 bits per heavy atom. The maximum atomic E-state index is 14.1. The van der Waals surface area contributed by atoms with E-state index in [1.54, 1.807) is 30.2 Å². The number of methoxy groups -OCH3 is 1. The Morgan fingerprint density at radius 3 is 2.43 bits per heavy atom. The Balaban J connectivity index is 1.54. The van der Waals surface area contributed by atoms with Crippen LogP contribution in [0, 0.1) is 12.7 Å². The molecular formula is C29H25FN2O3. The Hall–Kier alpha value is -4.32. The van der Waals surface area contributed by atoms with Crippen LogP contribution in [0.25, 0.3) is 0 Å². The Labute approximate surface area is 203 Å². The SMILES string of the molecule is COc1ccc([C@H]2Nc3ccccc3C(=O)N2c2ccc(C)cc2)cc1COc1ccccc1F. The predicted octanol–water partition coefficient (Wildman–Crippen LogP) is 6.49. The summed E-state index contributed by atoms with van der Waals surface area (Å²) in [5, 5.41) is 3.52. The monoisotopic (exact) mass is 468 g/mol. The van der Waals surface area contributed by atoms with Gasteiger partial charge < -0.3 is 14.8 Å². The lowest BCUT2D eigenvalue weighted by Gasteiger charge is -2.38. The summed E-state index contributed by atoms with van der Waals surface area (Å²) in [5.41, 5.74) is 4.87. The molecule has 0 bridgehead atoms. The van der Waals surface area contributed by atoms with Crippen LogP contribution < -0.4 is 19.7 Å². The molecule has 0 fully saturated rings. The maximum absolute atomic E-state index is 14.1. The van der Waals surface area contributed by atoms with Crippen molar-refractivity contribution in [3.63, 3.8) is 0 Å². The lowest BCUT2D eigenvalue weighted by molar-refractivity contribution is 0.0975. The summed E-state index contributed by atoms with van der Waals surface area (Å²) in [5.74, 6) is 0.271. The summed E-state index contributed by atoms with van der Waals surface area (Å²) in [6.07, 6.45) is -0.460. The number of hydrogen-bond donors (Lipinski definition) is 1. The fourth-order valence-corrected chi connectivity index (χ4v) is 4.26. The van der Waals surface area contributed by atoms with E-state index in [0.29, 0.717) is 11.3 Å². The molecule has 4 aromatic rings. The van der Waals surface area contributed by atoms with Crippen LogP contribution in [-0.2, 0) is 6.61 Å². The summed E-state index contributed by atoms with van der Waals surface area (Å²) < 4.78 is 25.4. The molecule has 0 spiro atoms. The number of benzene rings is 4. The van der Waals surface area contributed by atoms with Crippen LogP contribution in [-0.4, -0.2) is 13.0 Å². The molecule has 5 rings (SSSR count). The molecule has 1 atom stereocenters. The van der Waals surface area contributed by atoms with Crippen molar-refractivity contribution in [3.8, 4) is 11.5 Å². The van der Waals surface area contributed by atoms with Crippen LogP contribution in [0.3, 0.4) is 0 Å². The van der Waals surface area contributed by atoms with Crippen molar-refractivity contribution in [2.24, 2.45) is 0 Å². The van der Waals surface area contributed by atoms with Crippen LogP contribution in [0.2, 0.25) is 0 Å². The zero-order valence-corrected chi connectivity index (χ0v) is 19.5. The summed E-state index contributed by atoms with van der Waals surface area (Å²) in [6.45, 7) is 2.12. The molecule has 0 aromatic heterocycles. The van der Waals surface area contributed by atoms with Crippen LogP contribution in [0.15, 0.2) is 91.0 Å². The zero-order valence-electron chi connectivity index (χ0n) is 19.5. The third-order valence-electron chi connectivity index (χ3n) is 6.08. The standard InChI is InChI=1S/C29H25FN2O3/c1-19-11-14-22(15-12-19)32-28(31-25-9-5-3-7-23(25)29(32)33)20-13-16-26(34-2)21(17-20)18-35-27-10-6-4-8-24(27)30/h3-17,28,31H,18H2,1-2H3/t28-/m0/s1. The minimum absolute atomic E-state index is 0.0897. The number of carbonyl (C=O) groups excluding carboxylic acids is 1. The molecule has 1 aliphatic heterocycles. The maximum Gasteiger partial charge on any atom is 0.262 e. The van der Waals surface area contributed by atoms with Crippen molar-refractivity contribution in [2.75, 3.05) is 17.3 Å². The Morgan fingerprint density at radius 2 is 1.66 bits per heavy atom. The first kappa shape index (κ1) is 22.5. The van der Waals surface area contributed by atoms with Crippen molar-refractivity contribution in [3.05, 3.63) is 119 Å². The van der Waals surface area contributed by atoms with Gasteiger partial charge in [-0.3, -0.25) is 9.69 Å². The molecule has 176 valence electrons. The molecule has 1 aliphatic rings. The molecule has 1 heterocycles. The highest BCUT2D eigenvalue weighted by Crippen LogP contribution is 2.38. The highest BCUT2D eigenvalue weighted by molar-refractivity contribution is 6.12. The minimum Gasteiger partial charge on any atom is -0.496 e. The molecule has 1 amide bonds. The van der Waals surface area contributed by atoms with E-state index in [0.717, 1.165) is 28.1 Å². The van der Waals surface area contributed by atoms with Gasteiger partial charge in [-0.15, -0.1) is 0 Å². The van der Waals surface area contributed by atoms with Crippen molar-refractivity contribution in [1.29, 1.82) is 0 Å². The fourth-order valence-electron chi connectivity index (χ4n) is 4.26. The number of nitrogens with one attached hydrogen (secondary N) is 1. The highest BCUT2D eigenvalue weighted by Gasteiger charge is 2.34. The number of fused-ring (bicyclic) bond motifs is 1. The first-order chi connectivity index (χ1) is 17.0. The average molecular weight is 469 g/mol. The summed E-state index contributed by atoms with van der Waals surface area (Å²) in [6, 6.07) is 27.3. The van der Waals surface area contributed by atoms with E-state index >= 15 is 0 Å². The quantitative estimate of drug-likeness (QED) is 0.351. The molecule has 0 saturated heterocycles. The van der Waals surface area contributed by atoms with Crippen molar-refractivity contribution < 1.29 is 18.7 Å². The normalized spacial score (nSPS) is 14.8. The molecule has 35 heavy (non-hydrogen) atoms. The number of hydrogen-bond acceptors (Lipinski definition) is 4. The molecule has 0 unspecified atom stereocenters. The van der Waals surface area contributed by atoms with Crippen LogP contribution in [0.5, 0.6) is 11.5 Å². The van der Waals surface area contributed by atoms with Crippen LogP contribution in [0.4, 0.5) is 15.8 Å². The largest absolute Gasteiger partial charge is 0.496 e. The number of halogens is 1. The van der Waals surface area contributed by atoms with E-state index in [1.165, 1.54) is 6.07 Å². The van der Waals surface area contributed by atoms with Crippen LogP contribution >= 0.6 is 0 Å². The van der Waals surface area contributed by atoms with Gasteiger partial charge in [0.1, 0.15) is 18.5 Å². The van der Waals surface area contributed by atoms with Gasteiger partial charge in [0, 0.05) is 16.9 Å². The average Bonchev–Trinajstić information content (AvgIpc) is 2.89. The Kier molecular flexibility index (Phi) is 6.10. The van der Waals surface area contributed by atoms with E-state index in [4.69, 9.17) is 9.47 Å². The van der Waals surface area contributed by atoms with Gasteiger partial charge >= 0.3 is 0 Å². The second kappa shape index (κ2) is 9.50. The molecule has 1 N–H and O–H groups in total. The number of rotatable bonds is 6. The fraction of sp³-hybridized carbons (Fsp3) is 0.138. The second-order valence-electron chi connectivity index (χ2n) is 8.39. The van der Waals surface area contributed by atoms with Crippen molar-refractivity contribution in [1.82, 2.24) is 0 Å². The molecule has 6 heteroatoms. The number of anilines is 2. The van der Waals surface area contributed by atoms with Gasteiger partial charge in [-0.1, -0.05) is 48.0 Å². The summed E-state index contributed by atoms with van der Waals surface area (Å²) >= 11 is 0. The lowest BCUT2D eigenvalue weighted by atomic mass is 10.0. The van der Waals surface area contributed by atoms with Gasteiger partial charge in [-0.2, -0.15) is 0 Å². The van der Waals surface area contributed by atoms with Gasteiger partial charge in [-0.05, 0) is 61.0 Å². The molecule has 0 radical (unpaired) electrons. The van der Waals surface area contributed by atoms with E-state index in [2.05, 4.69) is 5.32 Å². The number of nitrogens with zero attached hydrogens (tertiary/aromatic N) is 1. The molecule has 4 aromatic carbocycles. The van der Waals surface area contributed by atoms with Gasteiger partial charge in [-0.25, -0.2) is 4.39 Å². The lowest BCUT2D eigenvalue weighted by Crippen LogP contribution is -2.43.